The number of hydrogen-bond acceptors (Lipinski definition) is 5. The summed E-state index contributed by atoms with van der Waals surface area (Å²) >= 11 is 6.00. The van der Waals surface area contributed by atoms with Crippen LogP contribution in [0.2, 0.25) is 5.15 Å². The van der Waals surface area contributed by atoms with Gasteiger partial charge >= 0.3 is 6.18 Å². The fraction of sp³-hybridized carbons (Fsp3) is 0.318. The Balaban J connectivity index is 2.08. The normalized spacial score (nSPS) is 12.1. The summed E-state index contributed by atoms with van der Waals surface area (Å²) in [4.78, 5) is 20.9. The van der Waals surface area contributed by atoms with Crippen LogP contribution >= 0.6 is 11.6 Å². The van der Waals surface area contributed by atoms with Crippen molar-refractivity contribution in [2.24, 2.45) is 7.05 Å². The zero-order chi connectivity index (χ0) is 25.4. The molecule has 0 saturated carbocycles. The van der Waals surface area contributed by atoms with Gasteiger partial charge in [0.05, 0.1) is 16.9 Å². The van der Waals surface area contributed by atoms with Crippen LogP contribution in [0.15, 0.2) is 30.6 Å². The van der Waals surface area contributed by atoms with Crippen molar-refractivity contribution in [3.8, 4) is 17.0 Å². The van der Waals surface area contributed by atoms with Gasteiger partial charge in [0.2, 0.25) is 0 Å². The number of aromatic nitrogens is 3. The number of nitrogens with zero attached hydrogens (tertiary/aromatic N) is 3. The molecule has 0 aliphatic rings. The Hall–Kier alpha value is -3.18. The van der Waals surface area contributed by atoms with Gasteiger partial charge in [-0.3, -0.25) is 4.79 Å². The average Bonchev–Trinajstić information content (AvgIpc) is 3.10. The molecule has 182 valence electrons. The third-order valence-corrected chi connectivity index (χ3v) is 5.04. The molecule has 1 aromatic carbocycles. The number of carbonyl (C=O) groups is 1. The number of alkyl halides is 3. The van der Waals surface area contributed by atoms with Crippen LogP contribution in [-0.4, -0.2) is 38.3 Å². The number of pyridine rings is 1. The molecule has 1 amide bonds. The van der Waals surface area contributed by atoms with Crippen molar-refractivity contribution in [1.29, 1.82) is 0 Å². The van der Waals surface area contributed by atoms with E-state index in [0.717, 1.165) is 12.1 Å². The van der Waals surface area contributed by atoms with Crippen molar-refractivity contribution in [2.45, 2.75) is 32.5 Å². The van der Waals surface area contributed by atoms with Crippen LogP contribution in [0.25, 0.3) is 11.3 Å². The molecule has 12 heteroatoms. The first-order chi connectivity index (χ1) is 15.7. The number of nitrogens with one attached hydrogen (secondary N) is 1. The SMILES string of the molecule is Cc1ccnc(Cl)c1NC(=O)c1cc(F)c(-c2cn(C)c(C(C)(C)O)n2)cc1OCC(F)(F)F. The molecule has 3 rings (SSSR count). The second-order valence-electron chi connectivity index (χ2n) is 8.10. The molecule has 2 aromatic heterocycles. The molecule has 2 N–H and O–H groups in total. The number of benzene rings is 1. The minimum absolute atomic E-state index is 0.0343. The summed E-state index contributed by atoms with van der Waals surface area (Å²) in [5, 5.41) is 12.6. The molecule has 34 heavy (non-hydrogen) atoms. The minimum atomic E-state index is -4.70. The maximum Gasteiger partial charge on any atom is 0.422 e. The van der Waals surface area contributed by atoms with Crippen LogP contribution in [0.4, 0.5) is 23.2 Å². The van der Waals surface area contributed by atoms with Crippen LogP contribution in [-0.2, 0) is 12.6 Å². The van der Waals surface area contributed by atoms with E-state index in [-0.39, 0.29) is 27.9 Å². The monoisotopic (exact) mass is 500 g/mol. The summed E-state index contributed by atoms with van der Waals surface area (Å²) in [6, 6.07) is 3.28. The minimum Gasteiger partial charge on any atom is -0.483 e. The molecule has 7 nitrogen and oxygen atoms in total. The zero-order valence-corrected chi connectivity index (χ0v) is 19.3. The molecule has 0 aliphatic carbocycles. The summed E-state index contributed by atoms with van der Waals surface area (Å²) in [5.41, 5.74) is -1.36. The van der Waals surface area contributed by atoms with Gasteiger partial charge in [-0.25, -0.2) is 14.4 Å². The van der Waals surface area contributed by atoms with Gasteiger partial charge in [-0.1, -0.05) is 11.6 Å². The number of hydrogen-bond donors (Lipinski definition) is 2. The van der Waals surface area contributed by atoms with E-state index in [1.165, 1.54) is 30.8 Å². The van der Waals surface area contributed by atoms with Gasteiger partial charge in [0.25, 0.3) is 5.91 Å². The number of halogens is 5. The van der Waals surface area contributed by atoms with Gasteiger partial charge in [0.15, 0.2) is 11.8 Å². The second kappa shape index (κ2) is 9.22. The van der Waals surface area contributed by atoms with Crippen molar-refractivity contribution < 1.29 is 32.2 Å². The van der Waals surface area contributed by atoms with Crippen LogP contribution in [0.3, 0.4) is 0 Å². The number of imidazole rings is 1. The molecule has 0 saturated heterocycles. The van der Waals surface area contributed by atoms with Gasteiger partial charge in [0, 0.05) is 25.0 Å². The highest BCUT2D eigenvalue weighted by atomic mass is 35.5. The maximum atomic E-state index is 15.1. The number of aryl methyl sites for hydroxylation is 2. The highest BCUT2D eigenvalue weighted by Gasteiger charge is 2.31. The van der Waals surface area contributed by atoms with E-state index < -0.39 is 41.4 Å². The topological polar surface area (TPSA) is 89.3 Å². The molecule has 0 atom stereocenters. The molecule has 0 radical (unpaired) electrons. The molecule has 3 aromatic rings. The fourth-order valence-corrected chi connectivity index (χ4v) is 3.48. The standard InChI is InChI=1S/C22H21ClF4N4O3/c1-11-5-6-28-18(23)17(11)30-19(32)13-7-14(24)12(8-16(13)34-10-22(25,26)27)15-9-31(4)20(29-15)21(2,3)33/h5-9,33H,10H2,1-4H3,(H,30,32). The molecule has 2 heterocycles. The summed E-state index contributed by atoms with van der Waals surface area (Å²) in [6.45, 7) is 2.88. The lowest BCUT2D eigenvalue weighted by Crippen LogP contribution is -2.22. The van der Waals surface area contributed by atoms with Gasteiger partial charge in [-0.2, -0.15) is 13.2 Å². The Morgan fingerprint density at radius 3 is 2.53 bits per heavy atom. The van der Waals surface area contributed by atoms with E-state index >= 15 is 4.39 Å². The van der Waals surface area contributed by atoms with E-state index in [1.54, 1.807) is 20.0 Å². The van der Waals surface area contributed by atoms with Gasteiger partial charge in [0.1, 0.15) is 23.0 Å². The molecule has 0 spiro atoms. The molecular weight excluding hydrogens is 480 g/mol. The maximum absolute atomic E-state index is 15.1. The number of rotatable bonds is 6. The Morgan fingerprint density at radius 2 is 1.97 bits per heavy atom. The number of ether oxygens (including phenoxy) is 1. The lowest BCUT2D eigenvalue weighted by Gasteiger charge is -2.16. The van der Waals surface area contributed by atoms with Crippen molar-refractivity contribution in [3.05, 3.63) is 58.5 Å². The Labute approximate surface area is 197 Å². The lowest BCUT2D eigenvalue weighted by molar-refractivity contribution is -0.153. The third-order valence-electron chi connectivity index (χ3n) is 4.76. The molecular formula is C22H21ClF4N4O3. The molecule has 0 bridgehead atoms. The van der Waals surface area contributed by atoms with Crippen LogP contribution in [0.5, 0.6) is 5.75 Å². The first kappa shape index (κ1) is 25.4. The molecule has 0 aliphatic heterocycles. The predicted octanol–water partition coefficient (Wildman–Crippen LogP) is 5.00. The van der Waals surface area contributed by atoms with Crippen LogP contribution in [0.1, 0.15) is 35.6 Å². The van der Waals surface area contributed by atoms with Crippen LogP contribution < -0.4 is 10.1 Å². The average molecular weight is 501 g/mol. The van der Waals surface area contributed by atoms with Crippen molar-refractivity contribution in [3.63, 3.8) is 0 Å². The van der Waals surface area contributed by atoms with Crippen molar-refractivity contribution in [2.75, 3.05) is 11.9 Å². The van der Waals surface area contributed by atoms with Crippen LogP contribution in [0, 0.1) is 12.7 Å². The largest absolute Gasteiger partial charge is 0.483 e. The van der Waals surface area contributed by atoms with E-state index in [9.17, 15) is 23.1 Å². The van der Waals surface area contributed by atoms with E-state index in [4.69, 9.17) is 16.3 Å². The number of aliphatic hydroxyl groups is 1. The first-order valence-corrected chi connectivity index (χ1v) is 10.3. The second-order valence-corrected chi connectivity index (χ2v) is 8.46. The third kappa shape index (κ3) is 5.65. The van der Waals surface area contributed by atoms with Gasteiger partial charge in [-0.15, -0.1) is 0 Å². The first-order valence-electron chi connectivity index (χ1n) is 9.89. The number of anilines is 1. The highest BCUT2D eigenvalue weighted by molar-refractivity contribution is 6.33. The summed E-state index contributed by atoms with van der Waals surface area (Å²) in [5.74, 6) is -2.19. The van der Waals surface area contributed by atoms with Gasteiger partial charge < -0.3 is 19.7 Å². The Morgan fingerprint density at radius 1 is 1.29 bits per heavy atom. The summed E-state index contributed by atoms with van der Waals surface area (Å²) in [7, 11) is 1.57. The molecule has 0 unspecified atom stereocenters. The van der Waals surface area contributed by atoms with E-state index in [1.807, 2.05) is 0 Å². The predicted molar refractivity (Wildman–Crippen MR) is 117 cm³/mol. The molecule has 0 fully saturated rings. The Kier molecular flexibility index (Phi) is 6.90. The smallest absolute Gasteiger partial charge is 0.422 e. The summed E-state index contributed by atoms with van der Waals surface area (Å²) in [6.07, 6.45) is -1.89. The number of carbonyl (C=O) groups excluding carboxylic acids is 1. The van der Waals surface area contributed by atoms with Gasteiger partial charge in [-0.05, 0) is 44.5 Å². The zero-order valence-electron chi connectivity index (χ0n) is 18.6. The quantitative estimate of drug-likeness (QED) is 0.367. The van der Waals surface area contributed by atoms with Crippen molar-refractivity contribution in [1.82, 2.24) is 14.5 Å². The fourth-order valence-electron chi connectivity index (χ4n) is 3.23. The highest BCUT2D eigenvalue weighted by Crippen LogP contribution is 2.33. The van der Waals surface area contributed by atoms with Crippen molar-refractivity contribution >= 4 is 23.2 Å². The van der Waals surface area contributed by atoms with E-state index in [0.29, 0.717) is 5.56 Å². The summed E-state index contributed by atoms with van der Waals surface area (Å²) < 4.78 is 59.9. The Bertz CT molecular complexity index is 1220. The van der Waals surface area contributed by atoms with E-state index in [2.05, 4.69) is 15.3 Å². The number of amides is 1. The lowest BCUT2D eigenvalue weighted by atomic mass is 10.1.